The van der Waals surface area contributed by atoms with E-state index in [1.54, 1.807) is 26.2 Å². The minimum atomic E-state index is -0.0974. The van der Waals surface area contributed by atoms with Crippen molar-refractivity contribution in [3.63, 3.8) is 0 Å². The summed E-state index contributed by atoms with van der Waals surface area (Å²) in [5.74, 6) is 0.614. The van der Waals surface area contributed by atoms with Crippen LogP contribution in [0.15, 0.2) is 18.2 Å². The Morgan fingerprint density at radius 3 is 2.75 bits per heavy atom. The summed E-state index contributed by atoms with van der Waals surface area (Å²) in [5, 5.41) is 13.6. The topological polar surface area (TPSA) is 104 Å². The van der Waals surface area contributed by atoms with Gasteiger partial charge >= 0.3 is 0 Å². The summed E-state index contributed by atoms with van der Waals surface area (Å²) < 4.78 is 0. The monoisotopic (exact) mass is 331 g/mol. The van der Waals surface area contributed by atoms with Gasteiger partial charge in [0.25, 0.3) is 5.91 Å². The maximum atomic E-state index is 12.1. The Morgan fingerprint density at radius 2 is 2.12 bits per heavy atom. The molecule has 4 N–H and O–H groups in total. The van der Waals surface area contributed by atoms with Crippen LogP contribution in [0.1, 0.15) is 36.5 Å². The number of carbonyl (C=O) groups is 1. The van der Waals surface area contributed by atoms with E-state index < -0.39 is 0 Å². The number of nitrogens with one attached hydrogen (secondary N) is 1. The lowest BCUT2D eigenvalue weighted by Crippen LogP contribution is -2.25. The zero-order valence-corrected chi connectivity index (χ0v) is 14.4. The molecule has 1 atom stereocenters. The molecule has 0 radical (unpaired) electrons. The molecule has 1 aromatic carbocycles. The van der Waals surface area contributed by atoms with Crippen LogP contribution in [0.3, 0.4) is 0 Å². The number of nitrogens with two attached hydrogens (primary N) is 1. The number of fused-ring (bicyclic) bond motifs is 1. The van der Waals surface area contributed by atoms with Gasteiger partial charge in [0.15, 0.2) is 0 Å². The molecular weight excluding hydrogens is 306 g/mol. The van der Waals surface area contributed by atoms with Gasteiger partial charge in [-0.2, -0.15) is 4.98 Å². The summed E-state index contributed by atoms with van der Waals surface area (Å²) >= 11 is 0. The lowest BCUT2D eigenvalue weighted by molar-refractivity contribution is 0.0827. The average molecular weight is 331 g/mol. The number of aromatic nitrogens is 2. The molecule has 7 nitrogen and oxygen atoms in total. The zero-order valence-electron chi connectivity index (χ0n) is 14.4. The predicted octanol–water partition coefficient (Wildman–Crippen LogP) is 1.88. The highest BCUT2D eigenvalue weighted by atomic mass is 16.3. The fourth-order valence-corrected chi connectivity index (χ4v) is 2.50. The smallest absolute Gasteiger partial charge is 0.253 e. The second-order valence-electron chi connectivity index (χ2n) is 6.03. The van der Waals surface area contributed by atoms with Gasteiger partial charge in [-0.05, 0) is 24.6 Å². The maximum absolute atomic E-state index is 12.1. The molecule has 0 saturated carbocycles. The summed E-state index contributed by atoms with van der Waals surface area (Å²) in [5.41, 5.74) is 6.95. The van der Waals surface area contributed by atoms with Gasteiger partial charge in [-0.15, -0.1) is 0 Å². The van der Waals surface area contributed by atoms with E-state index in [-0.39, 0.29) is 24.5 Å². The largest absolute Gasteiger partial charge is 0.394 e. The molecule has 24 heavy (non-hydrogen) atoms. The van der Waals surface area contributed by atoms with Crippen molar-refractivity contribution in [3.8, 4) is 0 Å². The molecule has 1 heterocycles. The molecule has 1 unspecified atom stereocenters. The Balaban J connectivity index is 2.38. The van der Waals surface area contributed by atoms with Crippen molar-refractivity contribution in [2.45, 2.75) is 32.2 Å². The van der Waals surface area contributed by atoms with Crippen LogP contribution in [-0.4, -0.2) is 52.6 Å². The van der Waals surface area contributed by atoms with Gasteiger partial charge in [-0.25, -0.2) is 4.98 Å². The molecule has 0 bridgehead atoms. The Kier molecular flexibility index (Phi) is 5.92. The molecule has 1 amide bonds. The van der Waals surface area contributed by atoms with Crippen LogP contribution in [0, 0.1) is 0 Å². The minimum absolute atomic E-state index is 0.0165. The molecule has 130 valence electrons. The average Bonchev–Trinajstić information content (AvgIpc) is 2.56. The van der Waals surface area contributed by atoms with Crippen LogP contribution in [0.25, 0.3) is 10.9 Å². The minimum Gasteiger partial charge on any atom is -0.394 e. The molecular formula is C17H25N5O2. The van der Waals surface area contributed by atoms with Gasteiger partial charge in [0.2, 0.25) is 5.95 Å². The van der Waals surface area contributed by atoms with Gasteiger partial charge in [0.05, 0.1) is 18.2 Å². The van der Waals surface area contributed by atoms with Gasteiger partial charge < -0.3 is 21.1 Å². The van der Waals surface area contributed by atoms with E-state index in [0.717, 1.165) is 24.6 Å². The molecule has 0 aliphatic rings. The third-order valence-electron chi connectivity index (χ3n) is 3.83. The first-order valence-corrected chi connectivity index (χ1v) is 8.12. The second-order valence-corrected chi connectivity index (χ2v) is 6.03. The van der Waals surface area contributed by atoms with E-state index in [2.05, 4.69) is 22.2 Å². The van der Waals surface area contributed by atoms with Crippen molar-refractivity contribution in [2.75, 3.05) is 31.8 Å². The molecule has 0 saturated heterocycles. The molecule has 0 aliphatic carbocycles. The Hall–Kier alpha value is -2.41. The van der Waals surface area contributed by atoms with Crippen molar-refractivity contribution < 1.29 is 9.90 Å². The Labute approximate surface area is 141 Å². The number of unbranched alkanes of at least 4 members (excludes halogenated alkanes) is 1. The normalized spacial score (nSPS) is 12.2. The lowest BCUT2D eigenvalue weighted by atomic mass is 10.1. The number of benzene rings is 1. The third kappa shape index (κ3) is 4.11. The third-order valence-corrected chi connectivity index (χ3v) is 3.83. The molecule has 0 spiro atoms. The summed E-state index contributed by atoms with van der Waals surface area (Å²) in [7, 11) is 3.40. The fourth-order valence-electron chi connectivity index (χ4n) is 2.50. The summed E-state index contributed by atoms with van der Waals surface area (Å²) in [6.07, 6.45) is 2.91. The standard InChI is InChI=1S/C17H25N5O2/c1-4-5-6-12(10-23)19-15-13-8-7-11(16(24)22(2)3)9-14(13)20-17(18)21-15/h7-9,12,23H,4-6,10H2,1-3H3,(H3,18,19,20,21). The molecule has 2 rings (SSSR count). The van der Waals surface area contributed by atoms with Crippen molar-refractivity contribution in [1.29, 1.82) is 0 Å². The number of amides is 1. The van der Waals surface area contributed by atoms with E-state index in [1.165, 1.54) is 4.90 Å². The van der Waals surface area contributed by atoms with Gasteiger partial charge in [0.1, 0.15) is 5.82 Å². The summed E-state index contributed by atoms with van der Waals surface area (Å²) in [6.45, 7) is 2.12. The van der Waals surface area contributed by atoms with E-state index in [4.69, 9.17) is 5.73 Å². The van der Waals surface area contributed by atoms with Crippen molar-refractivity contribution in [1.82, 2.24) is 14.9 Å². The lowest BCUT2D eigenvalue weighted by Gasteiger charge is -2.18. The van der Waals surface area contributed by atoms with E-state index in [0.29, 0.717) is 16.9 Å². The van der Waals surface area contributed by atoms with E-state index >= 15 is 0 Å². The van der Waals surface area contributed by atoms with Crippen LogP contribution in [0.5, 0.6) is 0 Å². The van der Waals surface area contributed by atoms with E-state index in [1.807, 2.05) is 6.07 Å². The number of anilines is 2. The number of hydrogen-bond donors (Lipinski definition) is 3. The number of aliphatic hydroxyl groups is 1. The van der Waals surface area contributed by atoms with E-state index in [9.17, 15) is 9.90 Å². The predicted molar refractivity (Wildman–Crippen MR) is 96.0 cm³/mol. The zero-order chi connectivity index (χ0) is 17.7. The fraction of sp³-hybridized carbons (Fsp3) is 0.471. The van der Waals surface area contributed by atoms with Crippen molar-refractivity contribution >= 4 is 28.6 Å². The molecule has 2 aromatic rings. The highest BCUT2D eigenvalue weighted by Crippen LogP contribution is 2.24. The number of hydrogen-bond acceptors (Lipinski definition) is 6. The first-order valence-electron chi connectivity index (χ1n) is 8.12. The van der Waals surface area contributed by atoms with Gasteiger partial charge in [-0.3, -0.25) is 4.79 Å². The number of nitrogens with zero attached hydrogens (tertiary/aromatic N) is 3. The van der Waals surface area contributed by atoms with Crippen LogP contribution >= 0.6 is 0 Å². The highest BCUT2D eigenvalue weighted by Gasteiger charge is 2.14. The van der Waals surface area contributed by atoms with Crippen LogP contribution < -0.4 is 11.1 Å². The van der Waals surface area contributed by atoms with Crippen LogP contribution in [-0.2, 0) is 0 Å². The molecule has 1 aromatic heterocycles. The van der Waals surface area contributed by atoms with Gasteiger partial charge in [-0.1, -0.05) is 19.8 Å². The Bertz CT molecular complexity index is 717. The summed E-state index contributed by atoms with van der Waals surface area (Å²) in [4.78, 5) is 22.1. The first kappa shape index (κ1) is 17.9. The SMILES string of the molecule is CCCCC(CO)Nc1nc(N)nc2cc(C(=O)N(C)C)ccc12. The van der Waals surface area contributed by atoms with Crippen molar-refractivity contribution in [3.05, 3.63) is 23.8 Å². The van der Waals surface area contributed by atoms with Crippen molar-refractivity contribution in [2.24, 2.45) is 0 Å². The second kappa shape index (κ2) is 7.92. The number of carbonyl (C=O) groups excluding carboxylic acids is 1. The Morgan fingerprint density at radius 1 is 1.38 bits per heavy atom. The molecule has 7 heteroatoms. The first-order chi connectivity index (χ1) is 11.5. The molecule has 0 fully saturated rings. The quantitative estimate of drug-likeness (QED) is 0.715. The van der Waals surface area contributed by atoms with Crippen LogP contribution in [0.2, 0.25) is 0 Å². The van der Waals surface area contributed by atoms with Crippen LogP contribution in [0.4, 0.5) is 11.8 Å². The number of aliphatic hydroxyl groups excluding tert-OH is 1. The number of nitrogen functional groups attached to an aromatic ring is 1. The highest BCUT2D eigenvalue weighted by molar-refractivity contribution is 5.99. The maximum Gasteiger partial charge on any atom is 0.253 e. The van der Waals surface area contributed by atoms with Gasteiger partial charge in [0, 0.05) is 25.0 Å². The summed E-state index contributed by atoms with van der Waals surface area (Å²) in [6, 6.07) is 5.17. The molecule has 0 aliphatic heterocycles. The number of rotatable bonds is 7.